The maximum absolute atomic E-state index is 12.6. The van der Waals surface area contributed by atoms with Crippen LogP contribution in [0.15, 0.2) is 97.6 Å². The molecule has 1 amide bonds. The summed E-state index contributed by atoms with van der Waals surface area (Å²) in [5, 5.41) is 2.65. The van der Waals surface area contributed by atoms with Crippen molar-refractivity contribution < 1.29 is 14.3 Å². The number of rotatable bonds is 9. The fourth-order valence-electron chi connectivity index (χ4n) is 3.01. The summed E-state index contributed by atoms with van der Waals surface area (Å²) in [5.74, 6) is -0.889. The number of amides is 1. The predicted octanol–water partition coefficient (Wildman–Crippen LogP) is 4.81. The number of nitrogens with one attached hydrogen (secondary N) is 1. The lowest BCUT2D eigenvalue weighted by Crippen LogP contribution is -2.42. The maximum atomic E-state index is 12.6. The quantitative estimate of drug-likeness (QED) is 0.312. The third-order valence-electron chi connectivity index (χ3n) is 4.70. The van der Waals surface area contributed by atoms with E-state index in [-0.39, 0.29) is 6.61 Å². The van der Waals surface area contributed by atoms with Gasteiger partial charge in [0.2, 0.25) is 5.91 Å². The number of esters is 1. The number of ether oxygens (including phenoxy) is 1. The molecule has 4 heteroatoms. The van der Waals surface area contributed by atoms with E-state index in [0.29, 0.717) is 6.42 Å². The first-order valence-electron chi connectivity index (χ1n) is 10.1. The van der Waals surface area contributed by atoms with E-state index >= 15 is 0 Å². The van der Waals surface area contributed by atoms with E-state index in [1.54, 1.807) is 0 Å². The second-order valence-electron chi connectivity index (χ2n) is 7.05. The summed E-state index contributed by atoms with van der Waals surface area (Å²) in [4.78, 5) is 24.4. The van der Waals surface area contributed by atoms with Gasteiger partial charge in [0.25, 0.3) is 0 Å². The van der Waals surface area contributed by atoms with Crippen LogP contribution in [-0.4, -0.2) is 17.9 Å². The smallest absolute Gasteiger partial charge is 0.329 e. The van der Waals surface area contributed by atoms with Crippen LogP contribution in [0, 0.1) is 0 Å². The van der Waals surface area contributed by atoms with Crippen LogP contribution in [0.4, 0.5) is 0 Å². The van der Waals surface area contributed by atoms with E-state index in [4.69, 9.17) is 4.74 Å². The summed E-state index contributed by atoms with van der Waals surface area (Å²) >= 11 is 0. The first-order chi connectivity index (χ1) is 15.1. The van der Waals surface area contributed by atoms with Gasteiger partial charge in [-0.2, -0.15) is 0 Å². The Bertz CT molecular complexity index is 1030. The Hall–Kier alpha value is -3.92. The molecule has 4 nitrogen and oxygen atoms in total. The molecule has 156 valence electrons. The van der Waals surface area contributed by atoms with Gasteiger partial charge in [-0.15, -0.1) is 0 Å². The minimum absolute atomic E-state index is 0.136. The van der Waals surface area contributed by atoms with Crippen LogP contribution < -0.4 is 5.32 Å². The molecule has 0 heterocycles. The van der Waals surface area contributed by atoms with Crippen molar-refractivity contribution >= 4 is 24.0 Å². The Morgan fingerprint density at radius 1 is 0.806 bits per heavy atom. The van der Waals surface area contributed by atoms with E-state index in [2.05, 4.69) is 11.9 Å². The van der Waals surface area contributed by atoms with Crippen molar-refractivity contribution in [2.45, 2.75) is 19.1 Å². The molecular formula is C27H25NO3. The number of hydrogen-bond donors (Lipinski definition) is 1. The van der Waals surface area contributed by atoms with Crippen molar-refractivity contribution in [3.63, 3.8) is 0 Å². The van der Waals surface area contributed by atoms with Gasteiger partial charge in [0.05, 0.1) is 0 Å². The average molecular weight is 412 g/mol. The van der Waals surface area contributed by atoms with Gasteiger partial charge in [-0.25, -0.2) is 4.79 Å². The lowest BCUT2D eigenvalue weighted by molar-refractivity contribution is -0.148. The third-order valence-corrected chi connectivity index (χ3v) is 4.70. The van der Waals surface area contributed by atoms with Crippen molar-refractivity contribution in [2.24, 2.45) is 0 Å². The van der Waals surface area contributed by atoms with Crippen molar-refractivity contribution in [1.29, 1.82) is 0 Å². The monoisotopic (exact) mass is 411 g/mol. The Morgan fingerprint density at radius 3 is 2.00 bits per heavy atom. The summed E-state index contributed by atoms with van der Waals surface area (Å²) in [7, 11) is 0. The minimum atomic E-state index is -0.777. The molecule has 0 fully saturated rings. The number of carbonyl (C=O) groups is 2. The molecule has 3 aromatic carbocycles. The van der Waals surface area contributed by atoms with E-state index in [9.17, 15) is 9.59 Å². The Kier molecular flexibility index (Phi) is 7.95. The van der Waals surface area contributed by atoms with E-state index in [1.165, 1.54) is 0 Å². The minimum Gasteiger partial charge on any atom is -0.459 e. The van der Waals surface area contributed by atoms with Crippen molar-refractivity contribution in [1.82, 2.24) is 5.32 Å². The highest BCUT2D eigenvalue weighted by molar-refractivity contribution is 5.91. The highest BCUT2D eigenvalue weighted by atomic mass is 16.5. The van der Waals surface area contributed by atoms with E-state index < -0.39 is 17.9 Å². The molecule has 0 bridgehead atoms. The van der Waals surface area contributed by atoms with Crippen LogP contribution in [0.25, 0.3) is 12.2 Å². The largest absolute Gasteiger partial charge is 0.459 e. The van der Waals surface area contributed by atoms with Crippen molar-refractivity contribution in [3.8, 4) is 0 Å². The molecule has 3 aromatic rings. The van der Waals surface area contributed by atoms with Gasteiger partial charge in [-0.05, 0) is 28.3 Å². The molecule has 3 rings (SSSR count). The fraction of sp³-hybridized carbons (Fsp3) is 0.111. The molecular weight excluding hydrogens is 386 g/mol. The normalized spacial score (nSPS) is 11.6. The van der Waals surface area contributed by atoms with Crippen LogP contribution in [0.5, 0.6) is 0 Å². The van der Waals surface area contributed by atoms with Crippen molar-refractivity contribution in [2.75, 3.05) is 0 Å². The fourth-order valence-corrected chi connectivity index (χ4v) is 3.01. The first kappa shape index (κ1) is 21.8. The molecule has 0 saturated heterocycles. The average Bonchev–Trinajstić information content (AvgIpc) is 2.82. The molecule has 0 radical (unpaired) electrons. The topological polar surface area (TPSA) is 55.4 Å². The van der Waals surface area contributed by atoms with Gasteiger partial charge >= 0.3 is 5.97 Å². The zero-order chi connectivity index (χ0) is 21.9. The van der Waals surface area contributed by atoms with Crippen LogP contribution in [0.2, 0.25) is 0 Å². The number of carbonyl (C=O) groups excluding carboxylic acids is 2. The molecule has 0 aliphatic carbocycles. The van der Waals surface area contributed by atoms with E-state index in [1.807, 2.05) is 97.1 Å². The Balaban J connectivity index is 1.58. The van der Waals surface area contributed by atoms with Crippen LogP contribution in [0.3, 0.4) is 0 Å². The zero-order valence-corrected chi connectivity index (χ0v) is 17.2. The summed E-state index contributed by atoms with van der Waals surface area (Å²) in [5.41, 5.74) is 3.99. The maximum Gasteiger partial charge on any atom is 0.329 e. The van der Waals surface area contributed by atoms with Crippen LogP contribution in [-0.2, 0) is 27.4 Å². The number of hydrogen-bond acceptors (Lipinski definition) is 3. The molecule has 0 aliphatic rings. The molecule has 0 aliphatic heterocycles. The third kappa shape index (κ3) is 7.12. The van der Waals surface area contributed by atoms with Crippen LogP contribution >= 0.6 is 0 Å². The zero-order valence-electron chi connectivity index (χ0n) is 17.2. The SMILES string of the molecule is C=CC(=O)N[C@@H](Cc1ccccc1)C(=O)OCc1ccc(/C=C/c2ccccc2)cc1. The molecule has 31 heavy (non-hydrogen) atoms. The molecule has 1 N–H and O–H groups in total. The summed E-state index contributed by atoms with van der Waals surface area (Å²) in [6.45, 7) is 3.58. The molecule has 0 saturated carbocycles. The van der Waals surface area contributed by atoms with Crippen molar-refractivity contribution in [3.05, 3.63) is 120 Å². The first-order valence-corrected chi connectivity index (χ1v) is 10.1. The molecule has 0 aromatic heterocycles. The summed E-state index contributed by atoms with van der Waals surface area (Å²) in [6.07, 6.45) is 5.58. The lowest BCUT2D eigenvalue weighted by Gasteiger charge is -2.17. The van der Waals surface area contributed by atoms with Gasteiger partial charge in [-0.3, -0.25) is 4.79 Å². The molecule has 1 atom stereocenters. The van der Waals surface area contributed by atoms with Gasteiger partial charge in [-0.1, -0.05) is 104 Å². The highest BCUT2D eigenvalue weighted by Crippen LogP contribution is 2.12. The molecule has 0 spiro atoms. The summed E-state index contributed by atoms with van der Waals surface area (Å²) in [6, 6.07) is 26.6. The van der Waals surface area contributed by atoms with E-state index in [0.717, 1.165) is 28.3 Å². The molecule has 0 unspecified atom stereocenters. The Morgan fingerprint density at radius 2 is 1.39 bits per heavy atom. The second kappa shape index (κ2) is 11.3. The second-order valence-corrected chi connectivity index (χ2v) is 7.05. The highest BCUT2D eigenvalue weighted by Gasteiger charge is 2.22. The lowest BCUT2D eigenvalue weighted by atomic mass is 10.1. The summed E-state index contributed by atoms with van der Waals surface area (Å²) < 4.78 is 5.47. The van der Waals surface area contributed by atoms with Crippen LogP contribution in [0.1, 0.15) is 22.3 Å². The standard InChI is InChI=1S/C27H25NO3/c1-2-26(29)28-25(19-23-11-7-4-8-12-23)27(30)31-20-24-17-15-22(16-18-24)14-13-21-9-5-3-6-10-21/h2-18,25H,1,19-20H2,(H,28,29)/b14-13+/t25-/m0/s1. The van der Waals surface area contributed by atoms with Gasteiger partial charge in [0, 0.05) is 6.42 Å². The number of benzene rings is 3. The van der Waals surface area contributed by atoms with Gasteiger partial charge in [0.1, 0.15) is 12.6 Å². The predicted molar refractivity (Wildman–Crippen MR) is 124 cm³/mol. The Labute approximate surface area is 182 Å². The van der Waals surface area contributed by atoms with Gasteiger partial charge < -0.3 is 10.1 Å². The van der Waals surface area contributed by atoms with Gasteiger partial charge in [0.15, 0.2) is 0 Å².